The zero-order valence-corrected chi connectivity index (χ0v) is 10.3. The molecule has 1 saturated carbocycles. The Labute approximate surface area is 101 Å². The fourth-order valence-corrected chi connectivity index (χ4v) is 2.49. The summed E-state index contributed by atoms with van der Waals surface area (Å²) in [7, 11) is 0. The van der Waals surface area contributed by atoms with Crippen molar-refractivity contribution in [2.45, 2.75) is 39.2 Å². The molecular formula is C14H17FN2. The fraction of sp³-hybridized carbons (Fsp3) is 0.500. The number of hydrogen-bond donors (Lipinski definition) is 1. The molecule has 1 unspecified atom stereocenters. The molecule has 0 saturated heterocycles. The van der Waals surface area contributed by atoms with Crippen molar-refractivity contribution in [2.75, 3.05) is 5.32 Å². The number of benzene rings is 1. The number of nitrogens with one attached hydrogen (secondary N) is 1. The van der Waals surface area contributed by atoms with Gasteiger partial charge in [-0.25, -0.2) is 4.39 Å². The molecule has 0 bridgehead atoms. The summed E-state index contributed by atoms with van der Waals surface area (Å²) in [6.07, 6.45) is 3.53. The summed E-state index contributed by atoms with van der Waals surface area (Å²) in [6.45, 7) is 4.47. The second-order valence-electron chi connectivity index (χ2n) is 5.38. The maximum atomic E-state index is 13.5. The molecule has 1 N–H and O–H groups in total. The molecule has 0 heterocycles. The van der Waals surface area contributed by atoms with Gasteiger partial charge in [0.15, 0.2) is 0 Å². The fourth-order valence-electron chi connectivity index (χ4n) is 2.49. The molecule has 0 aliphatic heterocycles. The third kappa shape index (κ3) is 2.41. The first-order valence-corrected chi connectivity index (χ1v) is 5.99. The molecule has 1 fully saturated rings. The Kier molecular flexibility index (Phi) is 3.06. The quantitative estimate of drug-likeness (QED) is 0.844. The van der Waals surface area contributed by atoms with Gasteiger partial charge < -0.3 is 5.32 Å². The van der Waals surface area contributed by atoms with E-state index in [2.05, 4.69) is 19.2 Å². The molecule has 0 radical (unpaired) electrons. The minimum absolute atomic E-state index is 0.0984. The average Bonchev–Trinajstić information content (AvgIpc) is 2.59. The van der Waals surface area contributed by atoms with Crippen LogP contribution in [-0.2, 0) is 0 Å². The number of rotatable bonds is 2. The highest BCUT2D eigenvalue weighted by atomic mass is 19.1. The van der Waals surface area contributed by atoms with E-state index in [1.807, 2.05) is 6.07 Å². The lowest BCUT2D eigenvalue weighted by molar-refractivity contribution is 0.350. The molecule has 17 heavy (non-hydrogen) atoms. The van der Waals surface area contributed by atoms with Gasteiger partial charge in [-0.3, -0.25) is 0 Å². The van der Waals surface area contributed by atoms with Crippen molar-refractivity contribution in [2.24, 2.45) is 5.41 Å². The topological polar surface area (TPSA) is 35.8 Å². The van der Waals surface area contributed by atoms with Crippen LogP contribution in [0.25, 0.3) is 0 Å². The normalized spacial score (nSPS) is 22.1. The summed E-state index contributed by atoms with van der Waals surface area (Å²) in [5.74, 6) is -0.451. The number of nitrogens with zero attached hydrogens (tertiary/aromatic N) is 1. The van der Waals surface area contributed by atoms with Crippen molar-refractivity contribution >= 4 is 5.69 Å². The summed E-state index contributed by atoms with van der Waals surface area (Å²) in [4.78, 5) is 0. The van der Waals surface area contributed by atoms with Gasteiger partial charge in [-0.05, 0) is 36.5 Å². The van der Waals surface area contributed by atoms with Crippen LogP contribution in [-0.4, -0.2) is 6.04 Å². The van der Waals surface area contributed by atoms with Crippen molar-refractivity contribution in [3.8, 4) is 6.07 Å². The molecule has 3 heteroatoms. The molecule has 0 aromatic heterocycles. The predicted octanol–water partition coefficient (Wildman–Crippen LogP) is 3.69. The predicted molar refractivity (Wildman–Crippen MR) is 66.2 cm³/mol. The largest absolute Gasteiger partial charge is 0.382 e. The molecule has 90 valence electrons. The highest BCUT2D eigenvalue weighted by Crippen LogP contribution is 2.39. The second-order valence-corrected chi connectivity index (χ2v) is 5.38. The van der Waals surface area contributed by atoms with Gasteiger partial charge in [-0.2, -0.15) is 5.26 Å². The smallest absolute Gasteiger partial charge is 0.143 e. The first-order chi connectivity index (χ1) is 8.03. The first-order valence-electron chi connectivity index (χ1n) is 5.99. The average molecular weight is 232 g/mol. The van der Waals surface area contributed by atoms with Crippen LogP contribution in [0.1, 0.15) is 38.7 Å². The van der Waals surface area contributed by atoms with Crippen LogP contribution in [0, 0.1) is 22.6 Å². The lowest BCUT2D eigenvalue weighted by atomic mass is 9.87. The number of nitriles is 1. The molecule has 0 amide bonds. The Balaban J connectivity index is 2.15. The molecule has 2 rings (SSSR count). The SMILES string of the molecule is CC1(C)CCCC1Nc1ccc(C#N)c(F)c1. The van der Waals surface area contributed by atoms with E-state index in [9.17, 15) is 4.39 Å². The van der Waals surface area contributed by atoms with Gasteiger partial charge in [-0.15, -0.1) is 0 Å². The summed E-state index contributed by atoms with van der Waals surface area (Å²) in [5, 5.41) is 12.0. The Hall–Kier alpha value is -1.56. The van der Waals surface area contributed by atoms with Crippen molar-refractivity contribution in [1.29, 1.82) is 5.26 Å². The molecule has 1 aliphatic rings. The maximum absolute atomic E-state index is 13.5. The van der Waals surface area contributed by atoms with E-state index >= 15 is 0 Å². The van der Waals surface area contributed by atoms with Crippen LogP contribution in [0.2, 0.25) is 0 Å². The van der Waals surface area contributed by atoms with Gasteiger partial charge in [0.2, 0.25) is 0 Å². The van der Waals surface area contributed by atoms with Gasteiger partial charge in [0.05, 0.1) is 5.56 Å². The van der Waals surface area contributed by atoms with Crippen LogP contribution < -0.4 is 5.32 Å². The van der Waals surface area contributed by atoms with Gasteiger partial charge in [0.1, 0.15) is 11.9 Å². The van der Waals surface area contributed by atoms with Crippen molar-refractivity contribution in [3.05, 3.63) is 29.6 Å². The monoisotopic (exact) mass is 232 g/mol. The van der Waals surface area contributed by atoms with Gasteiger partial charge >= 0.3 is 0 Å². The third-order valence-corrected chi connectivity index (χ3v) is 3.69. The molecular weight excluding hydrogens is 215 g/mol. The molecule has 0 spiro atoms. The van der Waals surface area contributed by atoms with Gasteiger partial charge in [-0.1, -0.05) is 20.3 Å². The van der Waals surface area contributed by atoms with Gasteiger partial charge in [0, 0.05) is 11.7 Å². The zero-order valence-electron chi connectivity index (χ0n) is 10.3. The first kappa shape index (κ1) is 11.9. The zero-order chi connectivity index (χ0) is 12.5. The summed E-state index contributed by atoms with van der Waals surface area (Å²) in [6, 6.07) is 6.92. The summed E-state index contributed by atoms with van der Waals surface area (Å²) < 4.78 is 13.5. The van der Waals surface area contributed by atoms with Crippen molar-refractivity contribution in [3.63, 3.8) is 0 Å². The van der Waals surface area contributed by atoms with Crippen LogP contribution in [0.15, 0.2) is 18.2 Å². The van der Waals surface area contributed by atoms with E-state index in [0.29, 0.717) is 6.04 Å². The summed E-state index contributed by atoms with van der Waals surface area (Å²) >= 11 is 0. The standard InChI is InChI=1S/C14H17FN2/c1-14(2)7-3-4-13(14)17-11-6-5-10(9-16)12(15)8-11/h5-6,8,13,17H,3-4,7H2,1-2H3. The minimum atomic E-state index is -0.451. The molecule has 1 aromatic carbocycles. The Morgan fingerprint density at radius 2 is 2.24 bits per heavy atom. The number of halogens is 1. The van der Waals surface area contributed by atoms with E-state index < -0.39 is 5.82 Å². The lowest BCUT2D eigenvalue weighted by Crippen LogP contribution is -2.30. The molecule has 1 aromatic rings. The van der Waals surface area contributed by atoms with E-state index in [1.165, 1.54) is 25.0 Å². The highest BCUT2D eigenvalue weighted by molar-refractivity contribution is 5.49. The maximum Gasteiger partial charge on any atom is 0.143 e. The lowest BCUT2D eigenvalue weighted by Gasteiger charge is -2.28. The van der Waals surface area contributed by atoms with Crippen molar-refractivity contribution < 1.29 is 4.39 Å². The van der Waals surface area contributed by atoms with Crippen LogP contribution in [0.4, 0.5) is 10.1 Å². The Bertz CT molecular complexity index is 460. The van der Waals surface area contributed by atoms with Crippen LogP contribution >= 0.6 is 0 Å². The van der Waals surface area contributed by atoms with E-state index in [1.54, 1.807) is 6.07 Å². The van der Waals surface area contributed by atoms with Crippen LogP contribution in [0.3, 0.4) is 0 Å². The number of hydrogen-bond acceptors (Lipinski definition) is 2. The Morgan fingerprint density at radius 3 is 2.76 bits per heavy atom. The second kappa shape index (κ2) is 4.37. The van der Waals surface area contributed by atoms with Crippen molar-refractivity contribution in [1.82, 2.24) is 0 Å². The number of anilines is 1. The van der Waals surface area contributed by atoms with Crippen LogP contribution in [0.5, 0.6) is 0 Å². The molecule has 1 aliphatic carbocycles. The minimum Gasteiger partial charge on any atom is -0.382 e. The van der Waals surface area contributed by atoms with E-state index in [4.69, 9.17) is 5.26 Å². The molecule has 1 atom stereocenters. The highest BCUT2D eigenvalue weighted by Gasteiger charge is 2.34. The summed E-state index contributed by atoms with van der Waals surface area (Å²) in [5.41, 5.74) is 1.12. The third-order valence-electron chi connectivity index (χ3n) is 3.69. The van der Waals surface area contributed by atoms with E-state index in [-0.39, 0.29) is 11.0 Å². The Morgan fingerprint density at radius 1 is 1.47 bits per heavy atom. The van der Waals surface area contributed by atoms with Gasteiger partial charge in [0.25, 0.3) is 0 Å². The van der Waals surface area contributed by atoms with E-state index in [0.717, 1.165) is 12.1 Å². The molecule has 2 nitrogen and oxygen atoms in total.